The Balaban J connectivity index is 0.000000274. The minimum Gasteiger partial charge on any atom is -0.272 e. The molecule has 158 valence electrons. The van der Waals surface area contributed by atoms with Gasteiger partial charge in [-0.2, -0.15) is 11.6 Å². The van der Waals surface area contributed by atoms with Gasteiger partial charge in [0, 0.05) is 0 Å². The van der Waals surface area contributed by atoms with Crippen LogP contribution in [0.15, 0.2) is 84.9 Å². The van der Waals surface area contributed by atoms with Gasteiger partial charge in [-0.1, -0.05) is 67.1 Å². The second-order valence-corrected chi connectivity index (χ2v) is 16.8. The first kappa shape index (κ1) is 27.7. The average molecular weight is 543 g/mol. The van der Waals surface area contributed by atoms with E-state index in [1.807, 2.05) is 0 Å². The van der Waals surface area contributed by atoms with Crippen molar-refractivity contribution >= 4 is 47.1 Å². The minimum atomic E-state index is 0. The summed E-state index contributed by atoms with van der Waals surface area (Å²) in [5, 5.41) is 2.69. The summed E-state index contributed by atoms with van der Waals surface area (Å²) in [4.78, 5) is 0. The van der Waals surface area contributed by atoms with Crippen molar-refractivity contribution in [1.29, 1.82) is 0 Å². The standard InChI is InChI=1S/C16H13.C9H7.C2H6Si.2ClH.Zr/c1-12-10-14-8-5-9-15(16(14)11-12)13-6-3-2-4-7-13;1-2-5-9-7-3-6-8(9)4-1;1-3-2;;;/h2-11H,1H3;1-2,4-6H,7H2;1-2H3;2*1H;/q2*-1;;;;+2. The molecule has 0 amide bonds. The summed E-state index contributed by atoms with van der Waals surface area (Å²) in [5.74, 6) is 0. The Morgan fingerprint density at radius 1 is 0.871 bits per heavy atom. The molecule has 0 aromatic heterocycles. The molecule has 1 aliphatic rings. The van der Waals surface area contributed by atoms with Crippen LogP contribution >= 0.6 is 24.8 Å². The van der Waals surface area contributed by atoms with Gasteiger partial charge in [-0.3, -0.25) is 6.08 Å². The molecule has 0 nitrogen and oxygen atoms in total. The Labute approximate surface area is 214 Å². The van der Waals surface area contributed by atoms with Gasteiger partial charge in [0.1, 0.15) is 0 Å². The zero-order valence-corrected chi connectivity index (χ0v) is 23.3. The molecule has 0 fully saturated rings. The average Bonchev–Trinajstić information content (AvgIpc) is 3.34. The quantitative estimate of drug-likeness (QED) is 0.168. The van der Waals surface area contributed by atoms with Crippen molar-refractivity contribution in [3.05, 3.63) is 108 Å². The Kier molecular flexibility index (Phi) is 12.5. The summed E-state index contributed by atoms with van der Waals surface area (Å²) >= 11 is 1.74. The second-order valence-electron chi connectivity index (χ2n) is 7.43. The van der Waals surface area contributed by atoms with Gasteiger partial charge >= 0.3 is 41.9 Å². The molecule has 0 radical (unpaired) electrons. The van der Waals surface area contributed by atoms with Crippen LogP contribution in [0.4, 0.5) is 0 Å². The maximum Gasteiger partial charge on any atom is -0.0279 e. The first-order valence-electron chi connectivity index (χ1n) is 9.92. The van der Waals surface area contributed by atoms with E-state index in [9.17, 15) is 0 Å². The molecule has 4 aromatic carbocycles. The summed E-state index contributed by atoms with van der Waals surface area (Å²) in [7, 11) is 0. The number of benzene rings is 3. The number of hydrogen-bond acceptors (Lipinski definition) is 0. The fraction of sp³-hybridized carbons (Fsp3) is 0.148. The molecular weight excluding hydrogens is 515 g/mol. The topological polar surface area (TPSA) is 0 Å². The zero-order chi connectivity index (χ0) is 20.6. The third kappa shape index (κ3) is 8.28. The van der Waals surface area contributed by atoms with Crippen LogP contribution in [0.2, 0.25) is 13.1 Å². The Bertz CT molecular complexity index is 1130. The molecule has 0 saturated heterocycles. The number of aryl methyl sites for hydroxylation is 1. The van der Waals surface area contributed by atoms with Crippen molar-refractivity contribution in [2.45, 2.75) is 26.4 Å². The summed E-state index contributed by atoms with van der Waals surface area (Å²) in [6.45, 7) is 6.76. The van der Waals surface area contributed by atoms with Crippen LogP contribution in [0.3, 0.4) is 0 Å². The Hall–Kier alpha value is -1.31. The van der Waals surface area contributed by atoms with Crippen molar-refractivity contribution in [1.82, 2.24) is 0 Å². The van der Waals surface area contributed by atoms with Gasteiger partial charge < -0.3 is 0 Å². The van der Waals surface area contributed by atoms with Crippen LogP contribution in [-0.2, 0) is 29.8 Å². The third-order valence-corrected chi connectivity index (χ3v) is 4.58. The van der Waals surface area contributed by atoms with Crippen LogP contribution in [0.5, 0.6) is 0 Å². The Morgan fingerprint density at radius 2 is 1.52 bits per heavy atom. The van der Waals surface area contributed by atoms with Gasteiger partial charge in [0.15, 0.2) is 0 Å². The van der Waals surface area contributed by atoms with Crippen molar-refractivity contribution in [2.24, 2.45) is 0 Å². The largest absolute Gasteiger partial charge is 0.272 e. The molecule has 4 heteroatoms. The Morgan fingerprint density at radius 3 is 2.19 bits per heavy atom. The first-order valence-corrected chi connectivity index (χ1v) is 16.1. The fourth-order valence-corrected chi connectivity index (χ4v) is 3.36. The number of allylic oxidation sites excluding steroid dienone is 1. The molecule has 0 N–H and O–H groups in total. The summed E-state index contributed by atoms with van der Waals surface area (Å²) < 4.78 is 0. The maximum atomic E-state index is 3.16. The molecular formula is C27H28Cl2SiZr. The van der Waals surface area contributed by atoms with E-state index in [2.05, 4.69) is 117 Å². The number of rotatable bonds is 1. The van der Waals surface area contributed by atoms with Crippen LogP contribution in [0.1, 0.15) is 16.7 Å². The number of halogens is 2. The SMILES string of the molecule is C[Si](C)=[Zr+2].Cc1cc2c(-c3ccccc3)cccc2[cH-]1.Cl.Cl.[C-]1=Cc2ccccc2C1. The predicted molar refractivity (Wildman–Crippen MR) is 140 cm³/mol. The molecule has 0 atom stereocenters. The van der Waals surface area contributed by atoms with Crippen LogP contribution in [0.25, 0.3) is 28.0 Å². The van der Waals surface area contributed by atoms with Gasteiger partial charge in [-0.15, -0.1) is 77.4 Å². The molecule has 0 bridgehead atoms. The fourth-order valence-electron chi connectivity index (χ4n) is 3.36. The van der Waals surface area contributed by atoms with Crippen molar-refractivity contribution in [2.75, 3.05) is 0 Å². The van der Waals surface area contributed by atoms with E-state index < -0.39 is 0 Å². The molecule has 31 heavy (non-hydrogen) atoms. The van der Waals surface area contributed by atoms with Crippen LogP contribution < -0.4 is 0 Å². The van der Waals surface area contributed by atoms with Crippen molar-refractivity contribution in [3.8, 4) is 11.1 Å². The summed E-state index contributed by atoms with van der Waals surface area (Å²) in [6.07, 6.45) is 6.21. The van der Waals surface area contributed by atoms with E-state index in [-0.39, 0.29) is 30.2 Å². The van der Waals surface area contributed by atoms with E-state index in [4.69, 9.17) is 0 Å². The molecule has 0 saturated carbocycles. The van der Waals surface area contributed by atoms with Crippen LogP contribution in [-0.4, -0.2) is 5.43 Å². The van der Waals surface area contributed by atoms with Crippen molar-refractivity contribution < 1.29 is 23.3 Å². The van der Waals surface area contributed by atoms with Gasteiger partial charge in [-0.25, -0.2) is 6.08 Å². The molecule has 1 aliphatic carbocycles. The van der Waals surface area contributed by atoms with Crippen molar-refractivity contribution in [3.63, 3.8) is 0 Å². The van der Waals surface area contributed by atoms with Gasteiger partial charge in [0.25, 0.3) is 0 Å². The molecule has 5 rings (SSSR count). The molecule has 0 aliphatic heterocycles. The predicted octanol–water partition coefficient (Wildman–Crippen LogP) is 8.22. The maximum absolute atomic E-state index is 3.16. The molecule has 0 unspecified atom stereocenters. The third-order valence-electron chi connectivity index (χ3n) is 4.58. The van der Waals surface area contributed by atoms with E-state index in [0.717, 1.165) is 6.42 Å². The zero-order valence-electron chi connectivity index (χ0n) is 18.2. The summed E-state index contributed by atoms with van der Waals surface area (Å²) in [5.41, 5.74) is 6.89. The van der Waals surface area contributed by atoms with Gasteiger partial charge in [-0.05, 0) is 5.56 Å². The monoisotopic (exact) mass is 540 g/mol. The second kappa shape index (κ2) is 14.0. The summed E-state index contributed by atoms with van der Waals surface area (Å²) in [6, 6.07) is 29.9. The van der Waals surface area contributed by atoms with E-state index in [1.54, 1.807) is 23.3 Å². The normalized spacial score (nSPS) is 10.5. The molecule has 0 spiro atoms. The minimum absolute atomic E-state index is 0. The smallest absolute Gasteiger partial charge is 0.0279 e. The first-order chi connectivity index (χ1) is 14.0. The van der Waals surface area contributed by atoms with E-state index in [1.165, 1.54) is 38.6 Å². The molecule has 0 heterocycles. The van der Waals surface area contributed by atoms with E-state index in [0.29, 0.717) is 0 Å². The number of hydrogen-bond donors (Lipinski definition) is 0. The van der Waals surface area contributed by atoms with E-state index >= 15 is 0 Å². The van der Waals surface area contributed by atoms with Gasteiger partial charge in [0.05, 0.1) is 0 Å². The number of fused-ring (bicyclic) bond motifs is 2. The van der Waals surface area contributed by atoms with Gasteiger partial charge in [0.2, 0.25) is 0 Å². The van der Waals surface area contributed by atoms with Crippen LogP contribution in [0, 0.1) is 13.0 Å². The molecule has 4 aromatic rings.